The molecule has 5 nitrogen and oxygen atoms in total. The van der Waals surface area contributed by atoms with Crippen molar-refractivity contribution in [3.8, 4) is 0 Å². The largest absolute Gasteiger partial charge is 0.393 e. The zero-order chi connectivity index (χ0) is 38.0. The van der Waals surface area contributed by atoms with Gasteiger partial charge < -0.3 is 5.11 Å². The minimum Gasteiger partial charge on any atom is -0.393 e. The van der Waals surface area contributed by atoms with Crippen molar-refractivity contribution in [1.29, 1.82) is 0 Å². The maximum absolute atomic E-state index is 10.2. The molecule has 0 bridgehead atoms. The van der Waals surface area contributed by atoms with E-state index in [2.05, 4.69) is 20.8 Å². The van der Waals surface area contributed by atoms with E-state index < -0.39 is 17.5 Å². The van der Waals surface area contributed by atoms with E-state index in [4.69, 9.17) is 18.6 Å². The monoisotopic (exact) mass is 767 g/mol. The molecular formula is C44H92ClO5P. The third kappa shape index (κ3) is 48.5. The maximum Gasteiger partial charge on any atom is 0.0825 e. The normalized spacial score (nSPS) is 12.0. The maximum atomic E-state index is 10.2. The SMILES string of the molecule is CCCCCCCCCCCCCC[P+](CCO)(CCCCCCCCCCCCCC)CCCCCCCCCCCCCC.[O-][Cl+3]([O-])([O-])[O-]. The Morgan fingerprint density at radius 1 is 0.294 bits per heavy atom. The fourth-order valence-corrected chi connectivity index (χ4v) is 12.2. The summed E-state index contributed by atoms with van der Waals surface area (Å²) in [5.41, 5.74) is 0. The molecule has 0 saturated heterocycles. The van der Waals surface area contributed by atoms with Crippen LogP contribution in [-0.2, 0) is 0 Å². The van der Waals surface area contributed by atoms with Crippen molar-refractivity contribution in [3.63, 3.8) is 0 Å². The van der Waals surface area contributed by atoms with Crippen LogP contribution in [0.15, 0.2) is 0 Å². The number of unbranched alkanes of at least 4 members (excludes halogenated alkanes) is 33. The van der Waals surface area contributed by atoms with Gasteiger partial charge in [-0.05, 0) is 38.5 Å². The molecule has 0 atom stereocenters. The first-order valence-electron chi connectivity index (χ1n) is 22.8. The summed E-state index contributed by atoms with van der Waals surface area (Å²) in [6.07, 6.45) is 57.7. The number of aliphatic hydroxyl groups is 1. The molecular weight excluding hydrogens is 675 g/mol. The Balaban J connectivity index is 0. The first kappa shape index (κ1) is 53.6. The summed E-state index contributed by atoms with van der Waals surface area (Å²) in [5.74, 6) is 0. The number of rotatable bonds is 41. The van der Waals surface area contributed by atoms with Gasteiger partial charge in [0.05, 0.1) is 31.3 Å². The Labute approximate surface area is 323 Å². The minimum atomic E-state index is -4.94. The fourth-order valence-electron chi connectivity index (χ4n) is 7.75. The summed E-state index contributed by atoms with van der Waals surface area (Å²) < 4.78 is 34.0. The van der Waals surface area contributed by atoms with Crippen molar-refractivity contribution in [1.82, 2.24) is 0 Å². The van der Waals surface area contributed by atoms with E-state index in [0.29, 0.717) is 6.61 Å². The number of halogens is 1. The van der Waals surface area contributed by atoms with Crippen molar-refractivity contribution in [2.45, 2.75) is 252 Å². The highest BCUT2D eigenvalue weighted by atomic mass is 35.7. The molecule has 0 unspecified atom stereocenters. The van der Waals surface area contributed by atoms with Crippen LogP contribution in [0.2, 0.25) is 0 Å². The number of hydrogen-bond acceptors (Lipinski definition) is 5. The lowest BCUT2D eigenvalue weighted by atomic mass is 10.1. The third-order valence-electron chi connectivity index (χ3n) is 11.0. The van der Waals surface area contributed by atoms with Crippen LogP contribution in [0.5, 0.6) is 0 Å². The third-order valence-corrected chi connectivity index (χ3v) is 16.0. The smallest absolute Gasteiger partial charge is 0.0825 e. The molecule has 0 fully saturated rings. The molecule has 1 N–H and O–H groups in total. The average molecular weight is 768 g/mol. The summed E-state index contributed by atoms with van der Waals surface area (Å²) in [7, 11) is -5.93. The molecule has 0 amide bonds. The minimum absolute atomic E-state index is 0.447. The summed E-state index contributed by atoms with van der Waals surface area (Å²) >= 11 is 0. The lowest BCUT2D eigenvalue weighted by Crippen LogP contribution is -2.68. The van der Waals surface area contributed by atoms with Gasteiger partial charge in [-0.25, -0.2) is 18.6 Å². The van der Waals surface area contributed by atoms with E-state index in [1.165, 1.54) is 256 Å². The van der Waals surface area contributed by atoms with Gasteiger partial charge in [0.2, 0.25) is 0 Å². The van der Waals surface area contributed by atoms with Gasteiger partial charge in [-0.3, -0.25) is 0 Å². The molecule has 7 heteroatoms. The van der Waals surface area contributed by atoms with Gasteiger partial charge >= 0.3 is 0 Å². The fraction of sp³-hybridized carbons (Fsp3) is 1.00. The zero-order valence-corrected chi connectivity index (χ0v) is 36.5. The van der Waals surface area contributed by atoms with Crippen molar-refractivity contribution < 1.29 is 34.0 Å². The molecule has 0 heterocycles. The van der Waals surface area contributed by atoms with E-state index in [-0.39, 0.29) is 0 Å². The second-order valence-corrected chi connectivity index (χ2v) is 21.2. The number of aliphatic hydroxyl groups excluding tert-OH is 1. The van der Waals surface area contributed by atoms with Crippen LogP contribution >= 0.6 is 7.26 Å². The van der Waals surface area contributed by atoms with E-state index in [0.717, 1.165) is 0 Å². The van der Waals surface area contributed by atoms with Gasteiger partial charge in [0.25, 0.3) is 0 Å². The summed E-state index contributed by atoms with van der Waals surface area (Å²) in [5, 5.41) is 10.2. The predicted molar refractivity (Wildman–Crippen MR) is 217 cm³/mol. The topological polar surface area (TPSA) is 112 Å². The van der Waals surface area contributed by atoms with Crippen molar-refractivity contribution in [3.05, 3.63) is 0 Å². The van der Waals surface area contributed by atoms with E-state index >= 15 is 0 Å². The van der Waals surface area contributed by atoms with Gasteiger partial charge in [0, 0.05) is 7.26 Å². The molecule has 310 valence electrons. The van der Waals surface area contributed by atoms with Crippen LogP contribution in [0, 0.1) is 10.2 Å². The van der Waals surface area contributed by atoms with Crippen LogP contribution in [-0.4, -0.2) is 36.4 Å². The molecule has 0 aromatic heterocycles. The Bertz CT molecular complexity index is 558. The molecule has 0 aromatic rings. The molecule has 0 aromatic carbocycles. The molecule has 0 spiro atoms. The second-order valence-electron chi connectivity index (χ2n) is 16.0. The van der Waals surface area contributed by atoms with Crippen LogP contribution < -0.4 is 18.6 Å². The Hall–Kier alpha value is 0.520. The van der Waals surface area contributed by atoms with Gasteiger partial charge in [-0.1, -0.05) is 213 Å². The Morgan fingerprint density at radius 3 is 0.608 bits per heavy atom. The lowest BCUT2D eigenvalue weighted by molar-refractivity contribution is -2.00. The van der Waals surface area contributed by atoms with Crippen LogP contribution in [0.25, 0.3) is 0 Å². The van der Waals surface area contributed by atoms with Crippen LogP contribution in [0.3, 0.4) is 0 Å². The Kier molecular flexibility index (Phi) is 45.5. The van der Waals surface area contributed by atoms with E-state index in [1.54, 1.807) is 0 Å². The highest BCUT2D eigenvalue weighted by Gasteiger charge is 2.35. The molecule has 0 aliphatic rings. The van der Waals surface area contributed by atoms with Crippen LogP contribution in [0.1, 0.15) is 252 Å². The van der Waals surface area contributed by atoms with Gasteiger partial charge in [-0.2, -0.15) is 0 Å². The van der Waals surface area contributed by atoms with Crippen LogP contribution in [0.4, 0.5) is 0 Å². The highest BCUT2D eigenvalue weighted by molar-refractivity contribution is 7.75. The number of hydrogen-bond donors (Lipinski definition) is 1. The molecule has 0 radical (unpaired) electrons. The first-order chi connectivity index (χ1) is 24.7. The standard InChI is InChI=1S/C44H92OP.ClHO4/c1-4-7-10-13-16-19-22-25-28-31-34-37-41-46(44-40-45,42-38-35-32-29-26-23-20-17-14-11-8-5-2)43-39-36-33-30-27-24-21-18-15-12-9-6-3;2-1(3,4)5/h45H,4-44H2,1-3H3;(H,2,3,4,5)/q+1;/p-1. The molecule has 0 aliphatic heterocycles. The molecule has 51 heavy (non-hydrogen) atoms. The molecule has 0 rings (SSSR count). The zero-order valence-electron chi connectivity index (χ0n) is 34.9. The Morgan fingerprint density at radius 2 is 0.451 bits per heavy atom. The predicted octanol–water partition coefficient (Wildman–Crippen LogP) is 11.3. The summed E-state index contributed by atoms with van der Waals surface area (Å²) in [6.45, 7) is 7.39. The quantitative estimate of drug-likeness (QED) is 0.0492. The van der Waals surface area contributed by atoms with Crippen molar-refractivity contribution in [2.24, 2.45) is 0 Å². The lowest BCUT2D eigenvalue weighted by Gasteiger charge is -2.28. The first-order valence-corrected chi connectivity index (χ1v) is 26.6. The highest BCUT2D eigenvalue weighted by Crippen LogP contribution is 2.60. The second kappa shape index (κ2) is 43.3. The van der Waals surface area contributed by atoms with Gasteiger partial charge in [0.15, 0.2) is 0 Å². The van der Waals surface area contributed by atoms with Crippen molar-refractivity contribution in [2.75, 3.05) is 31.3 Å². The van der Waals surface area contributed by atoms with E-state index in [9.17, 15) is 5.11 Å². The summed E-state index contributed by atoms with van der Waals surface area (Å²) in [6, 6.07) is 0. The van der Waals surface area contributed by atoms with Gasteiger partial charge in [0.1, 0.15) is 0 Å². The van der Waals surface area contributed by atoms with E-state index in [1.807, 2.05) is 0 Å². The average Bonchev–Trinajstić information content (AvgIpc) is 3.09. The molecule has 0 aliphatic carbocycles. The van der Waals surface area contributed by atoms with Gasteiger partial charge in [-0.15, -0.1) is 10.2 Å². The molecule has 0 saturated carbocycles. The van der Waals surface area contributed by atoms with Crippen molar-refractivity contribution >= 4 is 7.26 Å². The summed E-state index contributed by atoms with van der Waals surface area (Å²) in [4.78, 5) is 0.